The highest BCUT2D eigenvalue weighted by atomic mass is 16.3. The van der Waals surface area contributed by atoms with Crippen molar-refractivity contribution >= 4 is 82.4 Å². The Morgan fingerprint density at radius 3 is 1.73 bits per heavy atom. The van der Waals surface area contributed by atoms with Crippen molar-refractivity contribution in [1.82, 2.24) is 4.57 Å². The molecule has 0 aliphatic rings. The third-order valence-electron chi connectivity index (χ3n) is 12.0. The number of hydrogen-bond donors (Lipinski definition) is 0. The van der Waals surface area contributed by atoms with Crippen molar-refractivity contribution in [3.05, 3.63) is 218 Å². The number of para-hydroxylation sites is 3. The number of rotatable bonds is 6. The van der Waals surface area contributed by atoms with E-state index < -0.39 is 0 Å². The highest BCUT2D eigenvalue weighted by molar-refractivity contribution is 6.16. The molecule has 0 bridgehead atoms. The van der Waals surface area contributed by atoms with E-state index in [0.717, 1.165) is 61.4 Å². The fraction of sp³-hybridized carbons (Fsp3) is 0. The van der Waals surface area contributed by atoms with Gasteiger partial charge in [0.15, 0.2) is 0 Å². The predicted octanol–water partition coefficient (Wildman–Crippen LogP) is 15.8. The Balaban J connectivity index is 0.991. The summed E-state index contributed by atoms with van der Waals surface area (Å²) in [6, 6.07) is 78.8. The zero-order valence-electron chi connectivity index (χ0n) is 32.1. The van der Waals surface area contributed by atoms with Crippen LogP contribution in [0, 0.1) is 0 Å². The van der Waals surface area contributed by atoms with Gasteiger partial charge in [0, 0.05) is 44.0 Å². The minimum Gasteiger partial charge on any atom is -0.456 e. The number of hydrogen-bond acceptors (Lipinski definition) is 2. The summed E-state index contributed by atoms with van der Waals surface area (Å²) in [7, 11) is 0. The van der Waals surface area contributed by atoms with Gasteiger partial charge in [-0.25, -0.2) is 0 Å². The Hall–Kier alpha value is -7.88. The zero-order valence-corrected chi connectivity index (χ0v) is 32.1. The maximum absolute atomic E-state index is 6.32. The number of furan rings is 1. The molecule has 12 aromatic rings. The summed E-state index contributed by atoms with van der Waals surface area (Å²) in [6.45, 7) is 0. The average Bonchev–Trinajstić information content (AvgIpc) is 3.86. The Morgan fingerprint density at radius 1 is 0.356 bits per heavy atom. The first-order chi connectivity index (χ1) is 29.3. The average molecular weight is 753 g/mol. The van der Waals surface area contributed by atoms with Crippen molar-refractivity contribution in [2.75, 3.05) is 4.90 Å². The molecule has 0 aliphatic carbocycles. The van der Waals surface area contributed by atoms with Crippen LogP contribution in [0.2, 0.25) is 0 Å². The minimum absolute atomic E-state index is 0.894. The Morgan fingerprint density at radius 2 is 0.949 bits per heavy atom. The molecular formula is C56H36N2O. The van der Waals surface area contributed by atoms with E-state index in [9.17, 15) is 0 Å². The van der Waals surface area contributed by atoms with Gasteiger partial charge in [-0.3, -0.25) is 0 Å². The molecular weight excluding hydrogens is 717 g/mol. The molecule has 0 unspecified atom stereocenters. The molecule has 0 saturated carbocycles. The quantitative estimate of drug-likeness (QED) is 0.158. The van der Waals surface area contributed by atoms with Crippen LogP contribution in [0.25, 0.3) is 93.2 Å². The molecule has 10 aromatic carbocycles. The van der Waals surface area contributed by atoms with Crippen molar-refractivity contribution in [3.8, 4) is 27.9 Å². The van der Waals surface area contributed by atoms with Crippen molar-refractivity contribution in [2.24, 2.45) is 0 Å². The van der Waals surface area contributed by atoms with Gasteiger partial charge in [0.1, 0.15) is 11.2 Å². The van der Waals surface area contributed by atoms with Crippen LogP contribution in [0.5, 0.6) is 0 Å². The molecule has 0 saturated heterocycles. The van der Waals surface area contributed by atoms with Gasteiger partial charge in [-0.15, -0.1) is 0 Å². The van der Waals surface area contributed by atoms with Crippen LogP contribution in [-0.2, 0) is 0 Å². The lowest BCUT2D eigenvalue weighted by atomic mass is 9.97. The molecule has 0 radical (unpaired) electrons. The van der Waals surface area contributed by atoms with Crippen LogP contribution in [0.3, 0.4) is 0 Å². The summed E-state index contributed by atoms with van der Waals surface area (Å²) in [6.07, 6.45) is 0. The first-order valence-electron chi connectivity index (χ1n) is 20.2. The largest absolute Gasteiger partial charge is 0.456 e. The summed E-state index contributed by atoms with van der Waals surface area (Å²) in [5.41, 5.74) is 13.3. The van der Waals surface area contributed by atoms with Crippen LogP contribution >= 0.6 is 0 Å². The molecule has 0 N–H and O–H groups in total. The highest BCUT2D eigenvalue weighted by Crippen LogP contribution is 2.44. The van der Waals surface area contributed by atoms with Gasteiger partial charge in [0.25, 0.3) is 0 Å². The number of fused-ring (bicyclic) bond motifs is 9. The van der Waals surface area contributed by atoms with Gasteiger partial charge in [0.05, 0.1) is 16.7 Å². The number of benzene rings is 10. The Bertz CT molecular complexity index is 3500. The molecule has 0 atom stereocenters. The summed E-state index contributed by atoms with van der Waals surface area (Å²) < 4.78 is 8.68. The third-order valence-corrected chi connectivity index (χ3v) is 12.0. The SMILES string of the molecule is c1cc(-c2cccc3oc4ccccc4c23)cc(N(c2ccc(-c3ccc(-n4c5ccccc5c5ccccc54)cc3)cc2)c2cccc3ccc4ccccc4c23)c1. The normalized spacial score (nSPS) is 11.7. The highest BCUT2D eigenvalue weighted by Gasteiger charge is 2.20. The molecule has 2 aromatic heterocycles. The van der Waals surface area contributed by atoms with Gasteiger partial charge in [-0.05, 0) is 105 Å². The number of nitrogens with zero attached hydrogens (tertiary/aromatic N) is 2. The zero-order chi connectivity index (χ0) is 38.9. The molecule has 59 heavy (non-hydrogen) atoms. The second-order valence-corrected chi connectivity index (χ2v) is 15.3. The third kappa shape index (κ3) is 5.36. The molecule has 12 rings (SSSR count). The van der Waals surface area contributed by atoms with Crippen molar-refractivity contribution in [2.45, 2.75) is 0 Å². The van der Waals surface area contributed by atoms with E-state index in [1.807, 2.05) is 12.1 Å². The summed E-state index contributed by atoms with van der Waals surface area (Å²) in [5.74, 6) is 0. The smallest absolute Gasteiger partial charge is 0.136 e. The van der Waals surface area contributed by atoms with E-state index in [-0.39, 0.29) is 0 Å². The lowest BCUT2D eigenvalue weighted by molar-refractivity contribution is 0.669. The number of anilines is 3. The predicted molar refractivity (Wildman–Crippen MR) is 249 cm³/mol. The van der Waals surface area contributed by atoms with Gasteiger partial charge >= 0.3 is 0 Å². The molecule has 3 heteroatoms. The van der Waals surface area contributed by atoms with Crippen LogP contribution in [0.15, 0.2) is 223 Å². The van der Waals surface area contributed by atoms with E-state index in [0.29, 0.717) is 0 Å². The van der Waals surface area contributed by atoms with Crippen LogP contribution < -0.4 is 4.90 Å². The topological polar surface area (TPSA) is 21.3 Å². The second kappa shape index (κ2) is 13.4. The van der Waals surface area contributed by atoms with Crippen LogP contribution in [0.1, 0.15) is 0 Å². The van der Waals surface area contributed by atoms with Crippen LogP contribution in [0.4, 0.5) is 17.1 Å². The molecule has 3 nitrogen and oxygen atoms in total. The van der Waals surface area contributed by atoms with Gasteiger partial charge in [-0.2, -0.15) is 0 Å². The van der Waals surface area contributed by atoms with Crippen LogP contribution in [-0.4, -0.2) is 4.57 Å². The van der Waals surface area contributed by atoms with E-state index in [4.69, 9.17) is 4.42 Å². The molecule has 0 spiro atoms. The molecule has 0 amide bonds. The Kier molecular flexibility index (Phi) is 7.54. The monoisotopic (exact) mass is 752 g/mol. The lowest BCUT2D eigenvalue weighted by Gasteiger charge is -2.28. The fourth-order valence-corrected chi connectivity index (χ4v) is 9.29. The molecule has 276 valence electrons. The van der Waals surface area contributed by atoms with Crippen molar-refractivity contribution in [1.29, 1.82) is 0 Å². The standard InChI is InChI=1S/C56H36N2O/c1-2-16-45-39(12-1)26-27-40-13-10-23-52(55(40)45)57(44-15-9-14-41(36-44)46-20-11-25-54-56(46)49-19-5-8-24-53(49)59-54)42-32-28-37(29-33-42)38-30-34-43(35-31-38)58-50-21-6-3-17-47(50)48-18-4-7-22-51(48)58/h1-36H. The Labute approximate surface area is 341 Å². The van der Waals surface area contributed by atoms with Crippen molar-refractivity contribution < 1.29 is 4.42 Å². The molecule has 0 aliphatic heterocycles. The molecule has 0 fully saturated rings. The summed E-state index contributed by atoms with van der Waals surface area (Å²) in [4.78, 5) is 2.42. The van der Waals surface area contributed by atoms with E-state index >= 15 is 0 Å². The maximum atomic E-state index is 6.32. The number of aromatic nitrogens is 1. The van der Waals surface area contributed by atoms with E-state index in [1.165, 1.54) is 48.9 Å². The lowest BCUT2D eigenvalue weighted by Crippen LogP contribution is -2.10. The second-order valence-electron chi connectivity index (χ2n) is 15.3. The first-order valence-corrected chi connectivity index (χ1v) is 20.2. The van der Waals surface area contributed by atoms with E-state index in [2.05, 4.69) is 216 Å². The van der Waals surface area contributed by atoms with Gasteiger partial charge < -0.3 is 13.9 Å². The van der Waals surface area contributed by atoms with Gasteiger partial charge in [0.2, 0.25) is 0 Å². The summed E-state index contributed by atoms with van der Waals surface area (Å²) in [5, 5.41) is 9.68. The summed E-state index contributed by atoms with van der Waals surface area (Å²) >= 11 is 0. The van der Waals surface area contributed by atoms with Crippen molar-refractivity contribution in [3.63, 3.8) is 0 Å². The first kappa shape index (κ1) is 33.3. The molecule has 2 heterocycles. The van der Waals surface area contributed by atoms with Gasteiger partial charge in [-0.1, -0.05) is 152 Å². The van der Waals surface area contributed by atoms with E-state index in [1.54, 1.807) is 0 Å². The fourth-order valence-electron chi connectivity index (χ4n) is 9.29. The maximum Gasteiger partial charge on any atom is 0.136 e. The minimum atomic E-state index is 0.894.